The molecule has 1 aliphatic heterocycles. The van der Waals surface area contributed by atoms with E-state index in [1.807, 2.05) is 0 Å². The lowest BCUT2D eigenvalue weighted by molar-refractivity contribution is -0.136. The predicted octanol–water partition coefficient (Wildman–Crippen LogP) is 0.573. The third kappa shape index (κ3) is 3.47. The zero-order chi connectivity index (χ0) is 16.3. The van der Waals surface area contributed by atoms with Crippen LogP contribution in [0.3, 0.4) is 0 Å². The van der Waals surface area contributed by atoms with Gasteiger partial charge in [0.1, 0.15) is 6.04 Å². The number of carbonyl (C=O) groups is 2. The average Bonchev–Trinajstić information content (AvgIpc) is 2.80. The highest BCUT2D eigenvalue weighted by Gasteiger charge is 2.38. The van der Waals surface area contributed by atoms with Crippen LogP contribution in [0.5, 0.6) is 0 Å². The van der Waals surface area contributed by atoms with Gasteiger partial charge in [-0.1, -0.05) is 25.1 Å². The van der Waals surface area contributed by atoms with Crippen LogP contribution in [0.2, 0.25) is 0 Å². The van der Waals surface area contributed by atoms with E-state index in [9.17, 15) is 18.0 Å². The minimum atomic E-state index is -3.44. The predicted molar refractivity (Wildman–Crippen MR) is 81.6 cm³/mol. The number of sulfone groups is 1. The Labute approximate surface area is 130 Å². The van der Waals surface area contributed by atoms with Crippen molar-refractivity contribution in [2.75, 3.05) is 12.3 Å². The zero-order valence-electron chi connectivity index (χ0n) is 12.4. The van der Waals surface area contributed by atoms with Gasteiger partial charge in [0, 0.05) is 13.0 Å². The van der Waals surface area contributed by atoms with E-state index in [1.165, 1.54) is 4.90 Å². The topological polar surface area (TPSA) is 97.5 Å². The first kappa shape index (κ1) is 16.5. The molecule has 22 heavy (non-hydrogen) atoms. The van der Waals surface area contributed by atoms with Crippen molar-refractivity contribution in [2.45, 2.75) is 30.7 Å². The van der Waals surface area contributed by atoms with Crippen molar-refractivity contribution in [1.82, 2.24) is 4.90 Å². The molecule has 0 spiro atoms. The van der Waals surface area contributed by atoms with E-state index in [0.29, 0.717) is 6.42 Å². The fraction of sp³-hybridized carbons (Fsp3) is 0.467. The largest absolute Gasteiger partial charge is 0.368 e. The smallest absolute Gasteiger partial charge is 0.240 e. The Balaban J connectivity index is 2.10. The van der Waals surface area contributed by atoms with Crippen LogP contribution in [-0.4, -0.2) is 43.5 Å². The zero-order valence-corrected chi connectivity index (χ0v) is 13.3. The quantitative estimate of drug-likeness (QED) is 0.827. The van der Waals surface area contributed by atoms with Crippen LogP contribution in [0.4, 0.5) is 0 Å². The van der Waals surface area contributed by atoms with E-state index in [1.54, 1.807) is 37.3 Å². The Kier molecular flexibility index (Phi) is 4.85. The normalized spacial score (nSPS) is 20.1. The molecule has 7 heteroatoms. The Hall–Kier alpha value is -1.89. The number of hydrogen-bond acceptors (Lipinski definition) is 4. The van der Waals surface area contributed by atoms with Crippen molar-refractivity contribution in [2.24, 2.45) is 11.7 Å². The summed E-state index contributed by atoms with van der Waals surface area (Å²) in [7, 11) is -3.44. The maximum Gasteiger partial charge on any atom is 0.240 e. The number of benzene rings is 1. The summed E-state index contributed by atoms with van der Waals surface area (Å²) in [6.45, 7) is 2.03. The van der Waals surface area contributed by atoms with Crippen molar-refractivity contribution >= 4 is 21.7 Å². The van der Waals surface area contributed by atoms with Crippen LogP contribution in [0.25, 0.3) is 0 Å². The fourth-order valence-electron chi connectivity index (χ4n) is 2.83. The minimum absolute atomic E-state index is 0.103. The number of hydrogen-bond donors (Lipinski definition) is 1. The van der Waals surface area contributed by atoms with Crippen LogP contribution in [0.15, 0.2) is 35.2 Å². The third-order valence-corrected chi connectivity index (χ3v) is 5.79. The van der Waals surface area contributed by atoms with E-state index < -0.39 is 21.8 Å². The van der Waals surface area contributed by atoms with Crippen molar-refractivity contribution < 1.29 is 18.0 Å². The first-order chi connectivity index (χ1) is 10.3. The van der Waals surface area contributed by atoms with E-state index >= 15 is 0 Å². The SMILES string of the molecule is CCC(C(N)=O)N1CC(CS(=O)(=O)c2ccccc2)CC1=O. The molecule has 120 valence electrons. The van der Waals surface area contributed by atoms with Gasteiger partial charge in [-0.15, -0.1) is 0 Å². The molecule has 2 unspecified atom stereocenters. The summed E-state index contributed by atoms with van der Waals surface area (Å²) >= 11 is 0. The Morgan fingerprint density at radius 1 is 1.36 bits per heavy atom. The highest BCUT2D eigenvalue weighted by atomic mass is 32.2. The molecule has 6 nitrogen and oxygen atoms in total. The molecule has 0 radical (unpaired) electrons. The summed E-state index contributed by atoms with van der Waals surface area (Å²) in [5, 5.41) is 0. The van der Waals surface area contributed by atoms with Crippen molar-refractivity contribution in [3.8, 4) is 0 Å². The lowest BCUT2D eigenvalue weighted by Gasteiger charge is -2.24. The number of nitrogens with zero attached hydrogens (tertiary/aromatic N) is 1. The van der Waals surface area contributed by atoms with E-state index in [-0.39, 0.29) is 35.4 Å². The van der Waals surface area contributed by atoms with Gasteiger partial charge in [0.25, 0.3) is 0 Å². The highest BCUT2D eigenvalue weighted by Crippen LogP contribution is 2.25. The molecule has 1 heterocycles. The number of rotatable bonds is 6. The molecule has 2 rings (SSSR count). The van der Waals surface area contributed by atoms with Gasteiger partial charge in [-0.3, -0.25) is 9.59 Å². The molecule has 1 aromatic carbocycles. The molecule has 0 saturated carbocycles. The third-order valence-electron chi connectivity index (χ3n) is 3.89. The molecule has 1 aliphatic rings. The first-order valence-corrected chi connectivity index (χ1v) is 8.87. The Morgan fingerprint density at radius 2 is 2.00 bits per heavy atom. The van der Waals surface area contributed by atoms with E-state index in [0.717, 1.165) is 0 Å². The molecular weight excluding hydrogens is 304 g/mol. The van der Waals surface area contributed by atoms with Gasteiger partial charge in [0.05, 0.1) is 10.6 Å². The maximum absolute atomic E-state index is 12.4. The molecule has 0 aromatic heterocycles. The summed E-state index contributed by atoms with van der Waals surface area (Å²) in [6.07, 6.45) is 0.565. The van der Waals surface area contributed by atoms with E-state index in [2.05, 4.69) is 0 Å². The number of likely N-dealkylation sites (tertiary alicyclic amines) is 1. The van der Waals surface area contributed by atoms with Gasteiger partial charge in [-0.2, -0.15) is 0 Å². The number of amides is 2. The molecular formula is C15H20N2O4S. The van der Waals surface area contributed by atoms with Gasteiger partial charge in [-0.25, -0.2) is 8.42 Å². The van der Waals surface area contributed by atoms with Crippen LogP contribution >= 0.6 is 0 Å². The van der Waals surface area contributed by atoms with Crippen LogP contribution in [0, 0.1) is 5.92 Å². The fourth-order valence-corrected chi connectivity index (χ4v) is 4.44. The first-order valence-electron chi connectivity index (χ1n) is 7.21. The van der Waals surface area contributed by atoms with Crippen molar-refractivity contribution in [1.29, 1.82) is 0 Å². The molecule has 2 amide bonds. The second-order valence-electron chi connectivity index (χ2n) is 5.54. The molecule has 0 aliphatic carbocycles. The van der Waals surface area contributed by atoms with Crippen molar-refractivity contribution in [3.63, 3.8) is 0 Å². The van der Waals surface area contributed by atoms with Gasteiger partial charge in [-0.05, 0) is 24.5 Å². The number of nitrogens with two attached hydrogens (primary N) is 1. The molecule has 1 aromatic rings. The maximum atomic E-state index is 12.4. The molecule has 0 bridgehead atoms. The summed E-state index contributed by atoms with van der Waals surface area (Å²) in [5.41, 5.74) is 5.30. The van der Waals surface area contributed by atoms with Crippen LogP contribution in [-0.2, 0) is 19.4 Å². The summed E-state index contributed by atoms with van der Waals surface area (Å²) in [5.74, 6) is -1.18. The summed E-state index contributed by atoms with van der Waals surface area (Å²) < 4.78 is 24.7. The second-order valence-corrected chi connectivity index (χ2v) is 7.57. The van der Waals surface area contributed by atoms with Gasteiger partial charge in [0.2, 0.25) is 11.8 Å². The molecule has 2 N–H and O–H groups in total. The summed E-state index contributed by atoms with van der Waals surface area (Å²) in [4.78, 5) is 25.1. The molecule has 1 fully saturated rings. The lowest BCUT2D eigenvalue weighted by atomic mass is 10.1. The average molecular weight is 324 g/mol. The standard InChI is InChI=1S/C15H20N2O4S/c1-2-13(15(16)19)17-9-11(8-14(17)18)10-22(20,21)12-6-4-3-5-7-12/h3-7,11,13H,2,8-10H2,1H3,(H2,16,19). The monoisotopic (exact) mass is 324 g/mol. The van der Waals surface area contributed by atoms with Gasteiger partial charge in [0.15, 0.2) is 9.84 Å². The van der Waals surface area contributed by atoms with Gasteiger partial charge >= 0.3 is 0 Å². The minimum Gasteiger partial charge on any atom is -0.368 e. The summed E-state index contributed by atoms with van der Waals surface area (Å²) in [6, 6.07) is 7.51. The molecule has 2 atom stereocenters. The van der Waals surface area contributed by atoms with Crippen LogP contribution in [0.1, 0.15) is 19.8 Å². The Bertz CT molecular complexity index is 657. The number of carbonyl (C=O) groups excluding carboxylic acids is 2. The highest BCUT2D eigenvalue weighted by molar-refractivity contribution is 7.91. The second kappa shape index (κ2) is 6.48. The van der Waals surface area contributed by atoms with Crippen molar-refractivity contribution in [3.05, 3.63) is 30.3 Å². The Morgan fingerprint density at radius 3 is 2.55 bits per heavy atom. The molecule has 1 saturated heterocycles. The lowest BCUT2D eigenvalue weighted by Crippen LogP contribution is -2.45. The van der Waals surface area contributed by atoms with Gasteiger partial charge < -0.3 is 10.6 Å². The van der Waals surface area contributed by atoms with E-state index in [4.69, 9.17) is 5.73 Å². The number of primary amides is 1. The van der Waals surface area contributed by atoms with Crippen LogP contribution < -0.4 is 5.73 Å².